The van der Waals surface area contributed by atoms with E-state index in [0.717, 1.165) is 12.8 Å². The molecular weight excluding hydrogens is 220 g/mol. The highest BCUT2D eigenvalue weighted by Gasteiger charge is 2.34. The van der Waals surface area contributed by atoms with Gasteiger partial charge >= 0.3 is 0 Å². The Labute approximate surface area is 101 Å². The number of likely N-dealkylation sites (N-methyl/N-ethyl adjacent to an activating group) is 1. The summed E-state index contributed by atoms with van der Waals surface area (Å²) in [6.45, 7) is 2.55. The van der Waals surface area contributed by atoms with Gasteiger partial charge in [0.1, 0.15) is 5.04 Å². The number of rotatable bonds is 2. The SMILES string of the molecule is CCNC(=O)C1=C2CCCCC[C@@H]2SC1=N. The summed E-state index contributed by atoms with van der Waals surface area (Å²) in [5, 5.41) is 11.6. The summed E-state index contributed by atoms with van der Waals surface area (Å²) in [6, 6.07) is 0. The van der Waals surface area contributed by atoms with Crippen molar-refractivity contribution in [2.75, 3.05) is 6.54 Å². The highest BCUT2D eigenvalue weighted by Crippen LogP contribution is 2.41. The van der Waals surface area contributed by atoms with Crippen LogP contribution in [0.4, 0.5) is 0 Å². The number of carbonyl (C=O) groups is 1. The molecule has 0 aromatic carbocycles. The van der Waals surface area contributed by atoms with Gasteiger partial charge in [-0.05, 0) is 31.8 Å². The number of hydrogen-bond donors (Lipinski definition) is 2. The minimum absolute atomic E-state index is 0.0422. The second-order valence-electron chi connectivity index (χ2n) is 4.29. The Kier molecular flexibility index (Phi) is 3.69. The van der Waals surface area contributed by atoms with E-state index in [9.17, 15) is 4.79 Å². The lowest BCUT2D eigenvalue weighted by molar-refractivity contribution is -0.116. The summed E-state index contributed by atoms with van der Waals surface area (Å²) in [6.07, 6.45) is 5.80. The quantitative estimate of drug-likeness (QED) is 0.776. The standard InChI is InChI=1S/C12H18N2OS/c1-2-14-12(15)10-8-6-4-3-5-7-9(8)16-11(10)13/h9,13H,2-7H2,1H3,(H,14,15)/t9-/m0/s1. The van der Waals surface area contributed by atoms with E-state index in [1.807, 2.05) is 6.92 Å². The fourth-order valence-electron chi connectivity index (χ4n) is 2.42. The van der Waals surface area contributed by atoms with Crippen LogP contribution in [-0.4, -0.2) is 22.7 Å². The van der Waals surface area contributed by atoms with Gasteiger partial charge in [-0.2, -0.15) is 0 Å². The molecule has 16 heavy (non-hydrogen) atoms. The predicted molar refractivity (Wildman–Crippen MR) is 67.9 cm³/mol. The molecule has 1 aliphatic heterocycles. The zero-order chi connectivity index (χ0) is 11.5. The summed E-state index contributed by atoms with van der Waals surface area (Å²) in [4.78, 5) is 11.9. The van der Waals surface area contributed by atoms with Gasteiger partial charge in [-0.3, -0.25) is 10.2 Å². The molecular formula is C12H18N2OS. The molecule has 88 valence electrons. The van der Waals surface area contributed by atoms with Crippen molar-refractivity contribution in [3.63, 3.8) is 0 Å². The molecule has 0 aromatic rings. The number of carbonyl (C=O) groups excluding carboxylic acids is 1. The van der Waals surface area contributed by atoms with Gasteiger partial charge < -0.3 is 5.32 Å². The normalized spacial score (nSPS) is 25.3. The molecule has 0 spiro atoms. The van der Waals surface area contributed by atoms with Gasteiger partial charge in [0, 0.05) is 11.8 Å². The van der Waals surface area contributed by atoms with Gasteiger partial charge in [0.2, 0.25) is 0 Å². The van der Waals surface area contributed by atoms with Crippen molar-refractivity contribution in [3.05, 3.63) is 11.1 Å². The lowest BCUT2D eigenvalue weighted by Crippen LogP contribution is -2.26. The minimum Gasteiger partial charge on any atom is -0.352 e. The summed E-state index contributed by atoms with van der Waals surface area (Å²) in [7, 11) is 0. The molecule has 0 unspecified atom stereocenters. The molecule has 2 N–H and O–H groups in total. The molecule has 1 aliphatic carbocycles. The molecule has 2 rings (SSSR count). The number of hydrogen-bond acceptors (Lipinski definition) is 3. The molecule has 1 heterocycles. The van der Waals surface area contributed by atoms with Crippen LogP contribution in [-0.2, 0) is 4.79 Å². The van der Waals surface area contributed by atoms with Gasteiger partial charge in [-0.15, -0.1) is 0 Å². The molecule has 4 heteroatoms. The molecule has 2 aliphatic rings. The van der Waals surface area contributed by atoms with E-state index in [0.29, 0.717) is 22.4 Å². The van der Waals surface area contributed by atoms with Crippen molar-refractivity contribution in [3.8, 4) is 0 Å². The Morgan fingerprint density at radius 3 is 3.06 bits per heavy atom. The summed E-state index contributed by atoms with van der Waals surface area (Å²) < 4.78 is 0. The third-order valence-corrected chi connectivity index (χ3v) is 4.42. The highest BCUT2D eigenvalue weighted by molar-refractivity contribution is 8.15. The Balaban J connectivity index is 2.26. The monoisotopic (exact) mass is 238 g/mol. The van der Waals surface area contributed by atoms with Crippen LogP contribution < -0.4 is 5.32 Å². The largest absolute Gasteiger partial charge is 0.352 e. The Bertz CT molecular complexity index is 349. The van der Waals surface area contributed by atoms with Crippen molar-refractivity contribution in [2.24, 2.45) is 0 Å². The summed E-state index contributed by atoms with van der Waals surface area (Å²) in [5.74, 6) is -0.0422. The van der Waals surface area contributed by atoms with E-state index in [2.05, 4.69) is 5.32 Å². The maximum absolute atomic E-state index is 11.9. The van der Waals surface area contributed by atoms with E-state index in [4.69, 9.17) is 5.41 Å². The van der Waals surface area contributed by atoms with Crippen molar-refractivity contribution in [2.45, 2.75) is 44.3 Å². The fourth-order valence-corrected chi connectivity index (χ4v) is 3.71. The van der Waals surface area contributed by atoms with E-state index >= 15 is 0 Å². The number of thioether (sulfide) groups is 1. The maximum atomic E-state index is 11.9. The molecule has 0 saturated heterocycles. The second kappa shape index (κ2) is 5.04. The summed E-state index contributed by atoms with van der Waals surface area (Å²) in [5.41, 5.74) is 1.91. The van der Waals surface area contributed by atoms with Crippen LogP contribution in [0.1, 0.15) is 39.0 Å². The number of nitrogens with one attached hydrogen (secondary N) is 2. The van der Waals surface area contributed by atoms with Crippen molar-refractivity contribution in [1.82, 2.24) is 5.32 Å². The lowest BCUT2D eigenvalue weighted by atomic mass is 10.0. The van der Waals surface area contributed by atoms with Gasteiger partial charge in [0.25, 0.3) is 5.91 Å². The van der Waals surface area contributed by atoms with Crippen LogP contribution in [0.15, 0.2) is 11.1 Å². The zero-order valence-corrected chi connectivity index (χ0v) is 10.5. The van der Waals surface area contributed by atoms with Crippen LogP contribution >= 0.6 is 11.8 Å². The van der Waals surface area contributed by atoms with Crippen LogP contribution in [0, 0.1) is 5.41 Å². The Morgan fingerprint density at radius 1 is 1.50 bits per heavy atom. The zero-order valence-electron chi connectivity index (χ0n) is 9.64. The first-order valence-corrected chi connectivity index (χ1v) is 6.88. The van der Waals surface area contributed by atoms with Gasteiger partial charge in [-0.1, -0.05) is 24.6 Å². The fraction of sp³-hybridized carbons (Fsp3) is 0.667. The van der Waals surface area contributed by atoms with Gasteiger partial charge in [-0.25, -0.2) is 0 Å². The first-order chi connectivity index (χ1) is 7.74. The first kappa shape index (κ1) is 11.7. The smallest absolute Gasteiger partial charge is 0.253 e. The van der Waals surface area contributed by atoms with E-state index in [-0.39, 0.29) is 5.91 Å². The molecule has 0 aromatic heterocycles. The molecule has 3 nitrogen and oxygen atoms in total. The third-order valence-electron chi connectivity index (χ3n) is 3.17. The van der Waals surface area contributed by atoms with E-state index < -0.39 is 0 Å². The molecule has 1 fully saturated rings. The Morgan fingerprint density at radius 2 is 2.31 bits per heavy atom. The molecule has 0 bridgehead atoms. The first-order valence-electron chi connectivity index (χ1n) is 6.01. The third kappa shape index (κ3) is 2.17. The average molecular weight is 238 g/mol. The highest BCUT2D eigenvalue weighted by atomic mass is 32.2. The van der Waals surface area contributed by atoms with Crippen molar-refractivity contribution >= 4 is 22.7 Å². The topological polar surface area (TPSA) is 53.0 Å². The van der Waals surface area contributed by atoms with Gasteiger partial charge in [0.05, 0.1) is 5.57 Å². The van der Waals surface area contributed by atoms with Crippen molar-refractivity contribution in [1.29, 1.82) is 5.41 Å². The maximum Gasteiger partial charge on any atom is 0.253 e. The number of fused-ring (bicyclic) bond motifs is 1. The predicted octanol–water partition coefficient (Wildman–Crippen LogP) is 2.48. The van der Waals surface area contributed by atoms with Crippen molar-refractivity contribution < 1.29 is 4.79 Å². The molecule has 1 atom stereocenters. The van der Waals surface area contributed by atoms with E-state index in [1.165, 1.54) is 24.8 Å². The van der Waals surface area contributed by atoms with Gasteiger partial charge in [0.15, 0.2) is 0 Å². The lowest BCUT2D eigenvalue weighted by Gasteiger charge is -2.09. The average Bonchev–Trinajstić information content (AvgIpc) is 2.43. The molecule has 1 amide bonds. The number of amides is 1. The second-order valence-corrected chi connectivity index (χ2v) is 5.51. The Hall–Kier alpha value is -0.770. The van der Waals surface area contributed by atoms with Crippen LogP contribution in [0.5, 0.6) is 0 Å². The van der Waals surface area contributed by atoms with E-state index in [1.54, 1.807) is 11.8 Å². The minimum atomic E-state index is -0.0422. The van der Waals surface area contributed by atoms with Crippen LogP contribution in [0.2, 0.25) is 0 Å². The van der Waals surface area contributed by atoms with Crippen LogP contribution in [0.3, 0.4) is 0 Å². The molecule has 0 radical (unpaired) electrons. The van der Waals surface area contributed by atoms with Crippen LogP contribution in [0.25, 0.3) is 0 Å². The summed E-state index contributed by atoms with van der Waals surface area (Å²) >= 11 is 1.57. The molecule has 1 saturated carbocycles.